The normalized spacial score (nSPS) is 10.3. The third-order valence-corrected chi connectivity index (χ3v) is 3.26. The molecule has 0 fully saturated rings. The van der Waals surface area contributed by atoms with Crippen LogP contribution in [-0.4, -0.2) is 24.9 Å². The number of carbonyl (C=O) groups excluding carboxylic acids is 1. The lowest BCUT2D eigenvalue weighted by Gasteiger charge is -2.11. The zero-order chi connectivity index (χ0) is 15.4. The average Bonchev–Trinajstić information content (AvgIpc) is 2.48. The van der Waals surface area contributed by atoms with Crippen LogP contribution in [0.25, 0.3) is 0 Å². The predicted octanol–water partition coefficient (Wildman–Crippen LogP) is 3.45. The Morgan fingerprint density at radius 3 is 2.38 bits per heavy atom. The van der Waals surface area contributed by atoms with E-state index in [1.807, 2.05) is 18.2 Å². The molecule has 0 aliphatic carbocycles. The van der Waals surface area contributed by atoms with E-state index < -0.39 is 0 Å². The van der Waals surface area contributed by atoms with Crippen LogP contribution in [0.2, 0.25) is 0 Å². The summed E-state index contributed by atoms with van der Waals surface area (Å²) in [4.78, 5) is 13.3. The van der Waals surface area contributed by atoms with Crippen LogP contribution >= 0.6 is 0 Å². The lowest BCUT2D eigenvalue weighted by molar-refractivity contribution is 0.0827. The number of amides is 1. The van der Waals surface area contributed by atoms with Crippen LogP contribution in [-0.2, 0) is 6.54 Å². The molecule has 0 aromatic heterocycles. The lowest BCUT2D eigenvalue weighted by atomic mass is 10.1. The Hall–Kier alpha value is -2.36. The number of rotatable bonds is 4. The van der Waals surface area contributed by atoms with Gasteiger partial charge in [-0.05, 0) is 48.4 Å². The zero-order valence-corrected chi connectivity index (χ0v) is 12.5. The van der Waals surface area contributed by atoms with E-state index in [1.54, 1.807) is 44.1 Å². The first-order chi connectivity index (χ1) is 9.97. The van der Waals surface area contributed by atoms with Crippen LogP contribution in [0, 0.1) is 12.7 Å². The molecule has 3 nitrogen and oxygen atoms in total. The number of nitrogens with one attached hydrogen (secondary N) is 1. The molecule has 0 heterocycles. The molecular formula is C17H19FN2O. The molecule has 0 spiro atoms. The van der Waals surface area contributed by atoms with E-state index in [0.717, 1.165) is 11.3 Å². The van der Waals surface area contributed by atoms with Crippen LogP contribution in [0.1, 0.15) is 21.5 Å². The molecule has 21 heavy (non-hydrogen) atoms. The molecular weight excluding hydrogens is 267 g/mol. The van der Waals surface area contributed by atoms with Gasteiger partial charge in [0.1, 0.15) is 5.82 Å². The minimum absolute atomic E-state index is 0.0179. The van der Waals surface area contributed by atoms with Gasteiger partial charge in [-0.15, -0.1) is 0 Å². The van der Waals surface area contributed by atoms with E-state index in [4.69, 9.17) is 0 Å². The second kappa shape index (κ2) is 6.39. The number of anilines is 1. The smallest absolute Gasteiger partial charge is 0.253 e. The molecule has 0 unspecified atom stereocenters. The Morgan fingerprint density at radius 2 is 1.81 bits per heavy atom. The highest BCUT2D eigenvalue weighted by Crippen LogP contribution is 2.14. The van der Waals surface area contributed by atoms with E-state index in [0.29, 0.717) is 17.7 Å². The van der Waals surface area contributed by atoms with Crippen molar-refractivity contribution in [2.45, 2.75) is 13.5 Å². The van der Waals surface area contributed by atoms with Crippen LogP contribution < -0.4 is 5.32 Å². The Bertz CT molecular complexity index is 636. The summed E-state index contributed by atoms with van der Waals surface area (Å²) in [6.45, 7) is 2.36. The fourth-order valence-corrected chi connectivity index (χ4v) is 2.01. The maximum absolute atomic E-state index is 13.2. The predicted molar refractivity (Wildman–Crippen MR) is 82.9 cm³/mol. The van der Waals surface area contributed by atoms with Crippen LogP contribution in [0.3, 0.4) is 0 Å². The number of nitrogens with zero attached hydrogens (tertiary/aromatic N) is 1. The first kappa shape index (κ1) is 15.0. The van der Waals surface area contributed by atoms with Crippen molar-refractivity contribution in [3.63, 3.8) is 0 Å². The van der Waals surface area contributed by atoms with Gasteiger partial charge in [0, 0.05) is 31.9 Å². The molecule has 1 N–H and O–H groups in total. The molecule has 0 saturated carbocycles. The van der Waals surface area contributed by atoms with Crippen molar-refractivity contribution in [2.24, 2.45) is 0 Å². The number of hydrogen-bond donors (Lipinski definition) is 1. The number of hydrogen-bond acceptors (Lipinski definition) is 2. The highest BCUT2D eigenvalue weighted by molar-refractivity contribution is 5.94. The average molecular weight is 286 g/mol. The maximum atomic E-state index is 13.2. The van der Waals surface area contributed by atoms with Crippen molar-refractivity contribution in [2.75, 3.05) is 19.4 Å². The second-order valence-corrected chi connectivity index (χ2v) is 5.21. The van der Waals surface area contributed by atoms with Crippen molar-refractivity contribution in [1.82, 2.24) is 4.90 Å². The van der Waals surface area contributed by atoms with E-state index in [9.17, 15) is 9.18 Å². The van der Waals surface area contributed by atoms with Gasteiger partial charge in [0.25, 0.3) is 5.91 Å². The van der Waals surface area contributed by atoms with Gasteiger partial charge >= 0.3 is 0 Å². The number of benzene rings is 2. The van der Waals surface area contributed by atoms with Crippen molar-refractivity contribution in [3.05, 3.63) is 65.0 Å². The monoisotopic (exact) mass is 286 g/mol. The topological polar surface area (TPSA) is 32.3 Å². The van der Waals surface area contributed by atoms with Gasteiger partial charge in [0.2, 0.25) is 0 Å². The number of halogens is 1. The first-order valence-electron chi connectivity index (χ1n) is 6.78. The van der Waals surface area contributed by atoms with Gasteiger partial charge in [-0.2, -0.15) is 0 Å². The molecule has 0 atom stereocenters. The molecule has 0 radical (unpaired) electrons. The van der Waals surface area contributed by atoms with Gasteiger partial charge in [0.15, 0.2) is 0 Å². The van der Waals surface area contributed by atoms with Crippen molar-refractivity contribution >= 4 is 11.6 Å². The summed E-state index contributed by atoms with van der Waals surface area (Å²) >= 11 is 0. The largest absolute Gasteiger partial charge is 0.381 e. The maximum Gasteiger partial charge on any atom is 0.253 e. The van der Waals surface area contributed by atoms with Gasteiger partial charge < -0.3 is 10.2 Å². The summed E-state index contributed by atoms with van der Waals surface area (Å²) in [5, 5.41) is 3.26. The molecule has 110 valence electrons. The Morgan fingerprint density at radius 1 is 1.14 bits per heavy atom. The fraction of sp³-hybridized carbons (Fsp3) is 0.235. The van der Waals surface area contributed by atoms with Gasteiger partial charge in [-0.1, -0.05) is 12.1 Å². The van der Waals surface area contributed by atoms with Gasteiger partial charge in [-0.3, -0.25) is 4.79 Å². The van der Waals surface area contributed by atoms with E-state index in [1.165, 1.54) is 6.07 Å². The highest BCUT2D eigenvalue weighted by atomic mass is 19.1. The van der Waals surface area contributed by atoms with Gasteiger partial charge in [-0.25, -0.2) is 4.39 Å². The molecule has 0 aliphatic heterocycles. The molecule has 0 aliphatic rings. The van der Waals surface area contributed by atoms with Crippen LogP contribution in [0.4, 0.5) is 10.1 Å². The number of carbonyl (C=O) groups is 1. The van der Waals surface area contributed by atoms with Crippen LogP contribution in [0.5, 0.6) is 0 Å². The lowest BCUT2D eigenvalue weighted by Crippen LogP contribution is -2.21. The summed E-state index contributed by atoms with van der Waals surface area (Å²) < 4.78 is 13.2. The molecule has 4 heteroatoms. The summed E-state index contributed by atoms with van der Waals surface area (Å²) in [5.74, 6) is -0.207. The standard InChI is InChI=1S/C17H19FN2O/c1-12-10-13(4-9-16(12)18)11-19-15-7-5-14(6-8-15)17(21)20(2)3/h4-10,19H,11H2,1-3H3. The minimum atomic E-state index is -0.190. The quantitative estimate of drug-likeness (QED) is 0.933. The van der Waals surface area contributed by atoms with E-state index in [-0.39, 0.29) is 11.7 Å². The SMILES string of the molecule is Cc1cc(CNc2ccc(C(=O)N(C)C)cc2)ccc1F. The Balaban J connectivity index is 2.00. The summed E-state index contributed by atoms with van der Waals surface area (Å²) in [6.07, 6.45) is 0. The van der Waals surface area contributed by atoms with Crippen molar-refractivity contribution in [3.8, 4) is 0 Å². The molecule has 2 aromatic carbocycles. The van der Waals surface area contributed by atoms with Gasteiger partial charge in [0.05, 0.1) is 0 Å². The zero-order valence-electron chi connectivity index (χ0n) is 12.5. The third-order valence-electron chi connectivity index (χ3n) is 3.26. The third kappa shape index (κ3) is 3.81. The molecule has 0 saturated heterocycles. The molecule has 2 rings (SSSR count). The Labute approximate surface area is 124 Å². The summed E-state index contributed by atoms with van der Waals surface area (Å²) in [6, 6.07) is 12.4. The fourth-order valence-electron chi connectivity index (χ4n) is 2.01. The summed E-state index contributed by atoms with van der Waals surface area (Å²) in [5.41, 5.74) is 3.24. The molecule has 2 aromatic rings. The molecule has 0 bridgehead atoms. The second-order valence-electron chi connectivity index (χ2n) is 5.21. The van der Waals surface area contributed by atoms with Crippen molar-refractivity contribution < 1.29 is 9.18 Å². The Kier molecular flexibility index (Phi) is 4.58. The van der Waals surface area contributed by atoms with Crippen molar-refractivity contribution in [1.29, 1.82) is 0 Å². The molecule has 1 amide bonds. The minimum Gasteiger partial charge on any atom is -0.381 e. The van der Waals surface area contributed by atoms with Crippen LogP contribution in [0.15, 0.2) is 42.5 Å². The highest BCUT2D eigenvalue weighted by Gasteiger charge is 2.07. The van der Waals surface area contributed by atoms with E-state index >= 15 is 0 Å². The summed E-state index contributed by atoms with van der Waals surface area (Å²) in [7, 11) is 3.46. The number of aryl methyl sites for hydroxylation is 1. The first-order valence-corrected chi connectivity index (χ1v) is 6.78. The van der Waals surface area contributed by atoms with E-state index in [2.05, 4.69) is 5.32 Å².